The van der Waals surface area contributed by atoms with Gasteiger partial charge in [-0.3, -0.25) is 14.4 Å². The van der Waals surface area contributed by atoms with Crippen LogP contribution < -0.4 is 25.8 Å². The highest BCUT2D eigenvalue weighted by Crippen LogP contribution is 2.35. The fourth-order valence-electron chi connectivity index (χ4n) is 5.85. The van der Waals surface area contributed by atoms with Gasteiger partial charge >= 0.3 is 5.97 Å². The minimum atomic E-state index is -1.08. The van der Waals surface area contributed by atoms with Gasteiger partial charge in [0.15, 0.2) is 6.61 Å². The van der Waals surface area contributed by atoms with Gasteiger partial charge in [0.2, 0.25) is 11.8 Å². The molecule has 10 nitrogen and oxygen atoms in total. The summed E-state index contributed by atoms with van der Waals surface area (Å²) in [6, 6.07) is 9.21. The van der Waals surface area contributed by atoms with E-state index in [0.717, 1.165) is 48.8 Å². The third-order valence-corrected chi connectivity index (χ3v) is 8.01. The molecule has 1 fully saturated rings. The minimum absolute atomic E-state index is 0.227. The van der Waals surface area contributed by atoms with E-state index in [0.29, 0.717) is 36.0 Å². The zero-order valence-electron chi connectivity index (χ0n) is 24.2. The predicted octanol–water partition coefficient (Wildman–Crippen LogP) is 3.84. The normalized spacial score (nSPS) is 17.7. The quantitative estimate of drug-likeness (QED) is 0.278. The van der Waals surface area contributed by atoms with E-state index < -0.39 is 24.5 Å². The molecule has 0 aromatic heterocycles. The molecule has 2 aliphatic rings. The summed E-state index contributed by atoms with van der Waals surface area (Å²) in [5, 5.41) is 14.7. The Morgan fingerprint density at radius 2 is 1.69 bits per heavy atom. The van der Waals surface area contributed by atoms with E-state index in [1.165, 1.54) is 26.2 Å². The number of carbonyl (C=O) groups is 4. The van der Waals surface area contributed by atoms with E-state index in [2.05, 4.69) is 10.6 Å². The first kappa shape index (κ1) is 30.9. The highest BCUT2D eigenvalue weighted by molar-refractivity contribution is 5.96. The first-order valence-electron chi connectivity index (χ1n) is 14.8. The van der Waals surface area contributed by atoms with Gasteiger partial charge in [-0.25, -0.2) is 4.79 Å². The van der Waals surface area contributed by atoms with Crippen LogP contribution in [0.4, 0.5) is 0 Å². The Hall–Kier alpha value is -4.08. The highest BCUT2D eigenvalue weighted by Gasteiger charge is 2.28. The van der Waals surface area contributed by atoms with Crippen LogP contribution in [0.5, 0.6) is 11.5 Å². The summed E-state index contributed by atoms with van der Waals surface area (Å²) in [6.07, 6.45) is 9.44. The van der Waals surface area contributed by atoms with Gasteiger partial charge in [0, 0.05) is 13.3 Å². The predicted molar refractivity (Wildman–Crippen MR) is 156 cm³/mol. The third kappa shape index (κ3) is 8.71. The van der Waals surface area contributed by atoms with Gasteiger partial charge in [-0.1, -0.05) is 37.8 Å². The van der Waals surface area contributed by atoms with Crippen LogP contribution in [0.2, 0.25) is 0 Å². The number of carboxylic acids is 1. The van der Waals surface area contributed by atoms with Gasteiger partial charge in [0.05, 0.1) is 18.2 Å². The Morgan fingerprint density at radius 1 is 0.976 bits per heavy atom. The molecule has 0 bridgehead atoms. The molecule has 2 aliphatic carbocycles. The molecule has 1 saturated carbocycles. The number of nitrogens with one attached hydrogen (secondary N) is 2. The van der Waals surface area contributed by atoms with Crippen LogP contribution in [0.25, 0.3) is 0 Å². The average Bonchev–Trinajstić information content (AvgIpc) is 3.16. The van der Waals surface area contributed by atoms with E-state index in [-0.39, 0.29) is 24.3 Å². The maximum Gasteiger partial charge on any atom is 0.341 e. The molecule has 0 unspecified atom stereocenters. The standard InChI is InChI=1S/C32H41N3O7/c1-20(36)34-28(15-21-11-13-24(14-12-21)41-19-30(37)38)32(40)35-27-10-6-5-9-23-16-29(26(31(33)39)17-25(23)27)42-18-22-7-3-2-4-8-22/h11-14,16-17,22,27-28H,2-10,15,18-19H2,1H3,(H2,33,39)(H,34,36)(H,35,40)(H,37,38)/t27-,28-/m0/s1. The Morgan fingerprint density at radius 3 is 2.36 bits per heavy atom. The molecule has 42 heavy (non-hydrogen) atoms. The molecule has 3 amide bonds. The van der Waals surface area contributed by atoms with Crippen molar-refractivity contribution in [2.24, 2.45) is 11.7 Å². The summed E-state index contributed by atoms with van der Waals surface area (Å²) < 4.78 is 11.3. The van der Waals surface area contributed by atoms with Crippen LogP contribution >= 0.6 is 0 Å². The number of benzene rings is 2. The van der Waals surface area contributed by atoms with Crippen molar-refractivity contribution in [3.05, 3.63) is 58.7 Å². The van der Waals surface area contributed by atoms with Gasteiger partial charge in [-0.05, 0) is 79.0 Å². The van der Waals surface area contributed by atoms with Crippen molar-refractivity contribution in [3.8, 4) is 11.5 Å². The fourth-order valence-corrected chi connectivity index (χ4v) is 5.85. The Bertz CT molecular complexity index is 1270. The number of aryl methyl sites for hydroxylation is 1. The fraction of sp³-hybridized carbons (Fsp3) is 0.500. The second-order valence-corrected chi connectivity index (χ2v) is 11.3. The molecule has 0 spiro atoms. The van der Waals surface area contributed by atoms with Gasteiger partial charge in [-0.2, -0.15) is 0 Å². The molecule has 0 aliphatic heterocycles. The first-order chi connectivity index (χ1) is 20.2. The molecular weight excluding hydrogens is 538 g/mol. The van der Waals surface area contributed by atoms with Gasteiger partial charge < -0.3 is 30.9 Å². The van der Waals surface area contributed by atoms with Crippen LogP contribution in [-0.2, 0) is 27.2 Å². The summed E-state index contributed by atoms with van der Waals surface area (Å²) >= 11 is 0. The van der Waals surface area contributed by atoms with Crippen molar-refractivity contribution < 1.29 is 33.8 Å². The summed E-state index contributed by atoms with van der Waals surface area (Å²) in [4.78, 5) is 48.8. The lowest BCUT2D eigenvalue weighted by atomic mass is 9.90. The lowest BCUT2D eigenvalue weighted by molar-refractivity contribution is -0.139. The second-order valence-electron chi connectivity index (χ2n) is 11.3. The number of nitrogens with two attached hydrogens (primary N) is 1. The molecule has 2 atom stereocenters. The molecule has 10 heteroatoms. The molecule has 2 aromatic carbocycles. The topological polar surface area (TPSA) is 157 Å². The molecule has 5 N–H and O–H groups in total. The van der Waals surface area contributed by atoms with Crippen LogP contribution in [0.3, 0.4) is 0 Å². The van der Waals surface area contributed by atoms with E-state index in [9.17, 15) is 19.2 Å². The maximum atomic E-state index is 13.5. The molecule has 4 rings (SSSR count). The van der Waals surface area contributed by atoms with Gasteiger partial charge in [0.25, 0.3) is 5.91 Å². The van der Waals surface area contributed by atoms with E-state index >= 15 is 0 Å². The number of amides is 3. The highest BCUT2D eigenvalue weighted by atomic mass is 16.5. The van der Waals surface area contributed by atoms with Crippen LogP contribution in [0.15, 0.2) is 36.4 Å². The Labute approximate surface area is 246 Å². The third-order valence-electron chi connectivity index (χ3n) is 8.01. The molecule has 2 aromatic rings. The van der Waals surface area contributed by atoms with Gasteiger partial charge in [-0.15, -0.1) is 0 Å². The van der Waals surface area contributed by atoms with Gasteiger partial charge in [0.1, 0.15) is 17.5 Å². The first-order valence-corrected chi connectivity index (χ1v) is 14.8. The smallest absolute Gasteiger partial charge is 0.341 e. The zero-order chi connectivity index (χ0) is 30.1. The molecule has 0 heterocycles. The van der Waals surface area contributed by atoms with Crippen LogP contribution in [-0.4, -0.2) is 48.1 Å². The van der Waals surface area contributed by atoms with Crippen molar-refractivity contribution in [3.63, 3.8) is 0 Å². The average molecular weight is 580 g/mol. The Balaban J connectivity index is 1.50. The summed E-state index contributed by atoms with van der Waals surface area (Å²) in [5.74, 6) is -0.953. The number of ether oxygens (including phenoxy) is 2. The number of hydrogen-bond acceptors (Lipinski definition) is 6. The van der Waals surface area contributed by atoms with Crippen molar-refractivity contribution >= 4 is 23.7 Å². The SMILES string of the molecule is CC(=O)N[C@@H](Cc1ccc(OCC(=O)O)cc1)C(=O)N[C@H]1CCCCc2cc(OCC3CCCCC3)c(C(N)=O)cc21. The minimum Gasteiger partial charge on any atom is -0.492 e. The molecular formula is C32H41N3O7. The van der Waals surface area contributed by atoms with E-state index in [4.69, 9.17) is 20.3 Å². The van der Waals surface area contributed by atoms with E-state index in [1.54, 1.807) is 30.3 Å². The maximum absolute atomic E-state index is 13.5. The number of fused-ring (bicyclic) bond motifs is 1. The number of carboxylic acid groups (broad SMARTS) is 1. The summed E-state index contributed by atoms with van der Waals surface area (Å²) in [5.41, 5.74) is 8.74. The number of carbonyl (C=O) groups excluding carboxylic acids is 3. The van der Waals surface area contributed by atoms with Crippen LogP contribution in [0.1, 0.15) is 91.4 Å². The summed E-state index contributed by atoms with van der Waals surface area (Å²) in [7, 11) is 0. The van der Waals surface area contributed by atoms with Crippen molar-refractivity contribution in [2.45, 2.75) is 83.2 Å². The van der Waals surface area contributed by atoms with Crippen molar-refractivity contribution in [1.29, 1.82) is 0 Å². The number of primary amides is 1. The number of rotatable bonds is 12. The van der Waals surface area contributed by atoms with Crippen LogP contribution in [0, 0.1) is 5.92 Å². The number of aliphatic carboxylic acids is 1. The Kier molecular flexibility index (Phi) is 10.8. The van der Waals surface area contributed by atoms with E-state index in [1.807, 2.05) is 6.07 Å². The molecule has 226 valence electrons. The summed E-state index contributed by atoms with van der Waals surface area (Å²) in [6.45, 7) is 1.47. The zero-order valence-corrected chi connectivity index (χ0v) is 24.2. The molecule has 0 radical (unpaired) electrons. The number of hydrogen-bond donors (Lipinski definition) is 4. The van der Waals surface area contributed by atoms with Crippen molar-refractivity contribution in [2.75, 3.05) is 13.2 Å². The monoisotopic (exact) mass is 579 g/mol. The second kappa shape index (κ2) is 14.7. The largest absolute Gasteiger partial charge is 0.492 e. The lowest BCUT2D eigenvalue weighted by Crippen LogP contribution is -2.48. The molecule has 0 saturated heterocycles. The van der Waals surface area contributed by atoms with Crippen molar-refractivity contribution in [1.82, 2.24) is 10.6 Å². The lowest BCUT2D eigenvalue weighted by Gasteiger charge is -2.26.